The molecular formula is C20H24O5. The molecule has 0 aliphatic carbocycles. The molecular weight excluding hydrogens is 320 g/mol. The van der Waals surface area contributed by atoms with E-state index in [0.29, 0.717) is 30.1 Å². The Morgan fingerprint density at radius 1 is 0.960 bits per heavy atom. The number of aliphatic hydroxyl groups excluding tert-OH is 1. The molecule has 0 saturated heterocycles. The van der Waals surface area contributed by atoms with Gasteiger partial charge < -0.3 is 19.3 Å². The SMILES string of the molecule is CCOC(OCC)(C(=O)c1ccc(CO)cc1)c1ccc(OC)cc1. The van der Waals surface area contributed by atoms with Crippen molar-refractivity contribution in [3.05, 3.63) is 65.2 Å². The van der Waals surface area contributed by atoms with Crippen LogP contribution in [0.15, 0.2) is 48.5 Å². The zero-order chi connectivity index (χ0) is 18.3. The van der Waals surface area contributed by atoms with Gasteiger partial charge in [0.15, 0.2) is 0 Å². The van der Waals surface area contributed by atoms with Gasteiger partial charge in [0.2, 0.25) is 5.78 Å². The Hall–Kier alpha value is -2.21. The number of carbonyl (C=O) groups is 1. The maximum Gasteiger partial charge on any atom is 0.261 e. The lowest BCUT2D eigenvalue weighted by Gasteiger charge is -2.32. The maximum absolute atomic E-state index is 13.3. The first-order chi connectivity index (χ1) is 12.1. The van der Waals surface area contributed by atoms with Gasteiger partial charge in [0, 0.05) is 24.3 Å². The number of ether oxygens (including phenoxy) is 3. The Morgan fingerprint density at radius 2 is 1.52 bits per heavy atom. The number of aliphatic hydroxyl groups is 1. The smallest absolute Gasteiger partial charge is 0.261 e. The molecule has 0 aliphatic heterocycles. The van der Waals surface area contributed by atoms with Crippen LogP contribution in [0, 0.1) is 0 Å². The predicted molar refractivity (Wildman–Crippen MR) is 94.6 cm³/mol. The molecule has 0 atom stereocenters. The second kappa shape index (κ2) is 8.76. The first-order valence-electron chi connectivity index (χ1n) is 8.28. The number of hydrogen-bond acceptors (Lipinski definition) is 5. The average molecular weight is 344 g/mol. The highest BCUT2D eigenvalue weighted by atomic mass is 16.7. The molecule has 0 unspecified atom stereocenters. The van der Waals surface area contributed by atoms with Crippen molar-refractivity contribution in [1.29, 1.82) is 0 Å². The van der Waals surface area contributed by atoms with Gasteiger partial charge in [-0.3, -0.25) is 4.79 Å². The summed E-state index contributed by atoms with van der Waals surface area (Å²) in [4.78, 5) is 13.3. The van der Waals surface area contributed by atoms with Crippen molar-refractivity contribution < 1.29 is 24.1 Å². The van der Waals surface area contributed by atoms with Crippen LogP contribution in [0.1, 0.15) is 35.3 Å². The van der Waals surface area contributed by atoms with Crippen LogP contribution in [0.25, 0.3) is 0 Å². The first-order valence-corrected chi connectivity index (χ1v) is 8.28. The minimum Gasteiger partial charge on any atom is -0.497 e. The molecule has 5 nitrogen and oxygen atoms in total. The second-order valence-corrected chi connectivity index (χ2v) is 5.40. The lowest BCUT2D eigenvalue weighted by molar-refractivity contribution is -0.204. The summed E-state index contributed by atoms with van der Waals surface area (Å²) in [6.45, 7) is 4.19. The molecule has 0 spiro atoms. The summed E-state index contributed by atoms with van der Waals surface area (Å²) in [5, 5.41) is 9.18. The van der Waals surface area contributed by atoms with E-state index >= 15 is 0 Å². The molecule has 0 bridgehead atoms. The highest BCUT2D eigenvalue weighted by Gasteiger charge is 2.43. The van der Waals surface area contributed by atoms with Crippen LogP contribution in [-0.4, -0.2) is 31.2 Å². The summed E-state index contributed by atoms with van der Waals surface area (Å²) >= 11 is 0. The van der Waals surface area contributed by atoms with E-state index in [0.717, 1.165) is 5.56 Å². The number of benzene rings is 2. The normalized spacial score (nSPS) is 11.4. The molecule has 0 heterocycles. The standard InChI is InChI=1S/C20H24O5/c1-4-24-20(25-5-2,17-10-12-18(23-3)13-11-17)19(22)16-8-6-15(14-21)7-9-16/h6-13,21H,4-5,14H2,1-3H3. The zero-order valence-electron chi connectivity index (χ0n) is 14.8. The topological polar surface area (TPSA) is 65.0 Å². The molecule has 0 radical (unpaired) electrons. The number of rotatable bonds is 9. The highest BCUT2D eigenvalue weighted by molar-refractivity contribution is 6.02. The molecule has 0 saturated carbocycles. The van der Waals surface area contributed by atoms with Gasteiger partial charge in [-0.25, -0.2) is 0 Å². The van der Waals surface area contributed by atoms with E-state index in [1.807, 2.05) is 13.8 Å². The van der Waals surface area contributed by atoms with Crippen molar-refractivity contribution in [2.75, 3.05) is 20.3 Å². The fourth-order valence-corrected chi connectivity index (χ4v) is 2.64. The van der Waals surface area contributed by atoms with Crippen LogP contribution in [-0.2, 0) is 21.9 Å². The molecule has 0 aromatic heterocycles. The van der Waals surface area contributed by atoms with Crippen molar-refractivity contribution in [2.45, 2.75) is 26.2 Å². The van der Waals surface area contributed by atoms with Gasteiger partial charge in [0.1, 0.15) is 5.75 Å². The van der Waals surface area contributed by atoms with Gasteiger partial charge in [-0.15, -0.1) is 0 Å². The fourth-order valence-electron chi connectivity index (χ4n) is 2.64. The van der Waals surface area contributed by atoms with Crippen molar-refractivity contribution >= 4 is 5.78 Å². The third-order valence-electron chi connectivity index (χ3n) is 3.86. The third kappa shape index (κ3) is 4.07. The van der Waals surface area contributed by atoms with Crippen LogP contribution < -0.4 is 4.74 Å². The van der Waals surface area contributed by atoms with Crippen molar-refractivity contribution in [2.24, 2.45) is 0 Å². The van der Waals surface area contributed by atoms with Gasteiger partial charge >= 0.3 is 0 Å². The number of Topliss-reactive ketones (excluding diaryl/α,β-unsaturated/α-hetero) is 1. The Labute approximate surface area is 148 Å². The molecule has 134 valence electrons. The largest absolute Gasteiger partial charge is 0.497 e. The van der Waals surface area contributed by atoms with E-state index in [1.54, 1.807) is 55.6 Å². The molecule has 0 aliphatic rings. The first kappa shape index (κ1) is 19.1. The summed E-state index contributed by atoms with van der Waals surface area (Å²) in [6.07, 6.45) is 0. The van der Waals surface area contributed by atoms with E-state index in [4.69, 9.17) is 14.2 Å². The summed E-state index contributed by atoms with van der Waals surface area (Å²) in [5.74, 6) is -1.12. The van der Waals surface area contributed by atoms with Gasteiger partial charge in [0.25, 0.3) is 5.79 Å². The summed E-state index contributed by atoms with van der Waals surface area (Å²) < 4.78 is 16.9. The molecule has 1 N–H and O–H groups in total. The summed E-state index contributed by atoms with van der Waals surface area (Å²) in [6, 6.07) is 13.8. The lowest BCUT2D eigenvalue weighted by Crippen LogP contribution is -2.42. The lowest BCUT2D eigenvalue weighted by atomic mass is 9.95. The van der Waals surface area contributed by atoms with Crippen LogP contribution >= 0.6 is 0 Å². The van der Waals surface area contributed by atoms with E-state index < -0.39 is 5.79 Å². The Balaban J connectivity index is 2.49. The minimum atomic E-state index is -1.52. The van der Waals surface area contributed by atoms with Gasteiger partial charge in [0.05, 0.1) is 13.7 Å². The van der Waals surface area contributed by atoms with Gasteiger partial charge in [-0.05, 0) is 43.7 Å². The van der Waals surface area contributed by atoms with Gasteiger partial charge in [-0.2, -0.15) is 0 Å². The van der Waals surface area contributed by atoms with E-state index in [2.05, 4.69) is 0 Å². The van der Waals surface area contributed by atoms with Crippen LogP contribution in [0.3, 0.4) is 0 Å². The van der Waals surface area contributed by atoms with Crippen LogP contribution in [0.4, 0.5) is 0 Å². The zero-order valence-corrected chi connectivity index (χ0v) is 14.8. The monoisotopic (exact) mass is 344 g/mol. The van der Waals surface area contributed by atoms with E-state index in [-0.39, 0.29) is 12.4 Å². The Morgan fingerprint density at radius 3 is 1.96 bits per heavy atom. The molecule has 2 rings (SSSR count). The predicted octanol–water partition coefficient (Wildman–Crippen LogP) is 3.30. The molecule has 5 heteroatoms. The van der Waals surface area contributed by atoms with Gasteiger partial charge in [-0.1, -0.05) is 24.3 Å². The number of ketones is 1. The molecule has 0 amide bonds. The Kier molecular flexibility index (Phi) is 6.70. The summed E-state index contributed by atoms with van der Waals surface area (Å²) in [7, 11) is 1.58. The van der Waals surface area contributed by atoms with E-state index in [9.17, 15) is 9.90 Å². The summed E-state index contributed by atoms with van der Waals surface area (Å²) in [5.41, 5.74) is 1.79. The molecule has 25 heavy (non-hydrogen) atoms. The van der Waals surface area contributed by atoms with E-state index in [1.165, 1.54) is 0 Å². The maximum atomic E-state index is 13.3. The minimum absolute atomic E-state index is 0.0744. The molecule has 2 aromatic carbocycles. The van der Waals surface area contributed by atoms with Crippen molar-refractivity contribution in [3.8, 4) is 5.75 Å². The fraction of sp³-hybridized carbons (Fsp3) is 0.350. The average Bonchev–Trinajstić information content (AvgIpc) is 2.67. The number of methoxy groups -OCH3 is 1. The quantitative estimate of drug-likeness (QED) is 0.558. The third-order valence-corrected chi connectivity index (χ3v) is 3.86. The van der Waals surface area contributed by atoms with Crippen molar-refractivity contribution in [3.63, 3.8) is 0 Å². The second-order valence-electron chi connectivity index (χ2n) is 5.40. The van der Waals surface area contributed by atoms with Crippen molar-refractivity contribution in [1.82, 2.24) is 0 Å². The number of hydrogen-bond donors (Lipinski definition) is 1. The van der Waals surface area contributed by atoms with Crippen LogP contribution in [0.5, 0.6) is 5.75 Å². The Bertz CT molecular complexity index is 670. The number of carbonyl (C=O) groups excluding carboxylic acids is 1. The highest BCUT2D eigenvalue weighted by Crippen LogP contribution is 2.33. The van der Waals surface area contributed by atoms with Crippen LogP contribution in [0.2, 0.25) is 0 Å². The molecule has 2 aromatic rings. The molecule has 0 fully saturated rings.